The van der Waals surface area contributed by atoms with Gasteiger partial charge in [-0.3, -0.25) is 0 Å². The topological polar surface area (TPSA) is 57.3 Å². The predicted molar refractivity (Wildman–Crippen MR) is 276 cm³/mol. The van der Waals surface area contributed by atoms with Crippen molar-refractivity contribution in [3.63, 3.8) is 0 Å². The SMILES string of the molecule is CC(C)(C)c1cc(N2[CH-]N(c3[c-]c(Oc4[c-]c5c(cc4)c4cc(-c6cccc(C#N)c6)ccc4n5-c4cc(C(C)(C)C)ccn4)ccc3)c3ccc(-c4ccccc4)cc32)cc(C(C)(C)C)c1.[Pt]. The number of nitrogens with zero attached hydrogens (tertiary/aromatic N) is 5. The molecule has 0 spiro atoms. The third kappa shape index (κ3) is 8.84. The van der Waals surface area contributed by atoms with Crippen molar-refractivity contribution in [1.29, 1.82) is 5.26 Å². The Kier molecular flexibility index (Phi) is 12.0. The van der Waals surface area contributed by atoms with Crippen molar-refractivity contribution < 1.29 is 25.8 Å². The van der Waals surface area contributed by atoms with Crippen LogP contribution in [0, 0.1) is 30.1 Å². The van der Waals surface area contributed by atoms with Crippen molar-refractivity contribution in [2.75, 3.05) is 9.80 Å². The summed E-state index contributed by atoms with van der Waals surface area (Å²) in [4.78, 5) is 9.45. The Hall–Kier alpha value is -6.93. The van der Waals surface area contributed by atoms with Crippen LogP contribution in [0.25, 0.3) is 49.9 Å². The first-order chi connectivity index (χ1) is 32.0. The number of fused-ring (bicyclic) bond motifs is 4. The van der Waals surface area contributed by atoms with Crippen LogP contribution < -0.4 is 14.5 Å². The summed E-state index contributed by atoms with van der Waals surface area (Å²) in [5.41, 5.74) is 14.5. The number of anilines is 4. The molecule has 0 atom stereocenters. The molecule has 9 aromatic rings. The molecule has 0 radical (unpaired) electrons. The number of hydrogen-bond donors (Lipinski definition) is 0. The van der Waals surface area contributed by atoms with Crippen LogP contribution in [0.15, 0.2) is 158 Å². The Morgan fingerprint density at radius 2 is 1.21 bits per heavy atom. The standard InChI is InChI=1S/C61H54N5O.Pt/c1-59(2,3)45-27-28-63-58(35-45)66-54-25-21-43(42-18-13-15-40(29-42)38-62)30-53(54)52-24-23-51(37-56(52)66)67-50-20-14-19-48(36-50)64-39-65(49-33-46(60(4,5)6)32-47(34-49)61(7,8)9)57-31-44(22-26-55(57)64)41-16-11-10-12-17-41;/h10-35,39H,1-9H3;/q-3;. The van der Waals surface area contributed by atoms with Gasteiger partial charge < -0.3 is 19.1 Å². The van der Waals surface area contributed by atoms with E-state index in [4.69, 9.17) is 9.72 Å². The van der Waals surface area contributed by atoms with Crippen LogP contribution >= 0.6 is 0 Å². The van der Waals surface area contributed by atoms with E-state index in [1.54, 1.807) is 0 Å². The predicted octanol–water partition coefficient (Wildman–Crippen LogP) is 16.1. The molecule has 10 rings (SSSR count). The molecule has 0 N–H and O–H groups in total. The van der Waals surface area contributed by atoms with Crippen LogP contribution in [-0.2, 0) is 37.3 Å². The zero-order chi connectivity index (χ0) is 46.8. The van der Waals surface area contributed by atoms with Gasteiger partial charge in [0.05, 0.1) is 11.6 Å². The van der Waals surface area contributed by atoms with E-state index < -0.39 is 0 Å². The smallest absolute Gasteiger partial charge is 0.135 e. The molecule has 0 saturated heterocycles. The Morgan fingerprint density at radius 1 is 0.544 bits per heavy atom. The monoisotopic (exact) mass is 1070 g/mol. The third-order valence-electron chi connectivity index (χ3n) is 12.8. The summed E-state index contributed by atoms with van der Waals surface area (Å²) >= 11 is 0. The Labute approximate surface area is 415 Å². The molecule has 0 saturated carbocycles. The first-order valence-corrected chi connectivity index (χ1v) is 23.0. The van der Waals surface area contributed by atoms with E-state index in [9.17, 15) is 5.26 Å². The first-order valence-electron chi connectivity index (χ1n) is 23.0. The van der Waals surface area contributed by atoms with Crippen molar-refractivity contribution in [2.45, 2.75) is 78.6 Å². The van der Waals surface area contributed by atoms with Gasteiger partial charge in [-0.1, -0.05) is 135 Å². The second kappa shape index (κ2) is 17.6. The number of benzene rings is 7. The summed E-state index contributed by atoms with van der Waals surface area (Å²) in [5.74, 6) is 1.94. The van der Waals surface area contributed by atoms with Crippen molar-refractivity contribution in [3.8, 4) is 45.6 Å². The largest absolute Gasteiger partial charge is 0.509 e. The number of ether oxygens (including phenoxy) is 1. The molecule has 7 aromatic carbocycles. The van der Waals surface area contributed by atoms with Crippen LogP contribution in [0.5, 0.6) is 11.5 Å². The first kappa shape index (κ1) is 46.2. The summed E-state index contributed by atoms with van der Waals surface area (Å²) in [6.07, 6.45) is 1.89. The molecule has 1 aliphatic heterocycles. The molecule has 0 fully saturated rings. The van der Waals surface area contributed by atoms with Gasteiger partial charge in [0.15, 0.2) is 0 Å². The average Bonchev–Trinajstić information content (AvgIpc) is 3.86. The molecule has 2 aromatic heterocycles. The molecule has 0 bridgehead atoms. The minimum atomic E-state index is -0.0749. The fourth-order valence-corrected chi connectivity index (χ4v) is 8.92. The summed E-state index contributed by atoms with van der Waals surface area (Å²) in [7, 11) is 0. The Morgan fingerprint density at radius 3 is 1.93 bits per heavy atom. The van der Waals surface area contributed by atoms with Crippen LogP contribution in [0.2, 0.25) is 0 Å². The quantitative estimate of drug-likeness (QED) is 0.149. The number of nitriles is 1. The number of hydrogen-bond acceptors (Lipinski definition) is 5. The van der Waals surface area contributed by atoms with Crippen LogP contribution in [-0.4, -0.2) is 9.55 Å². The second-order valence-corrected chi connectivity index (χ2v) is 20.7. The maximum atomic E-state index is 9.65. The number of rotatable bonds is 7. The zero-order valence-corrected chi connectivity index (χ0v) is 42.3. The number of pyridine rings is 1. The van der Waals surface area contributed by atoms with Crippen molar-refractivity contribution >= 4 is 44.6 Å². The van der Waals surface area contributed by atoms with E-state index in [1.807, 2.05) is 48.7 Å². The molecule has 0 unspecified atom stereocenters. The number of aromatic nitrogens is 2. The van der Waals surface area contributed by atoms with Gasteiger partial charge in [-0.2, -0.15) is 17.4 Å². The molecule has 68 heavy (non-hydrogen) atoms. The van der Waals surface area contributed by atoms with Crippen molar-refractivity contribution in [2.24, 2.45) is 0 Å². The summed E-state index contributed by atoms with van der Waals surface area (Å²) < 4.78 is 8.90. The van der Waals surface area contributed by atoms with Gasteiger partial charge in [0.2, 0.25) is 0 Å². The van der Waals surface area contributed by atoms with E-state index in [2.05, 4.69) is 211 Å². The van der Waals surface area contributed by atoms with Gasteiger partial charge in [0.25, 0.3) is 0 Å². The molecule has 0 amide bonds. The molecule has 6 nitrogen and oxygen atoms in total. The van der Waals surface area contributed by atoms with Crippen molar-refractivity contribution in [1.82, 2.24) is 9.55 Å². The van der Waals surface area contributed by atoms with Gasteiger partial charge in [-0.25, -0.2) is 4.98 Å². The fourth-order valence-electron chi connectivity index (χ4n) is 8.92. The van der Waals surface area contributed by atoms with Gasteiger partial charge in [0.1, 0.15) is 5.82 Å². The minimum Gasteiger partial charge on any atom is -0.509 e. The van der Waals surface area contributed by atoms with E-state index >= 15 is 0 Å². The molecule has 7 heteroatoms. The van der Waals surface area contributed by atoms with Gasteiger partial charge >= 0.3 is 0 Å². The van der Waals surface area contributed by atoms with E-state index in [0.717, 1.165) is 67.1 Å². The molecular weight excluding hydrogens is 1010 g/mol. The molecule has 1 aliphatic rings. The van der Waals surface area contributed by atoms with Crippen molar-refractivity contribution in [3.05, 3.63) is 199 Å². The van der Waals surface area contributed by atoms with Gasteiger partial charge in [-0.05, 0) is 115 Å². The summed E-state index contributed by atoms with van der Waals surface area (Å²) in [5, 5.41) is 11.7. The zero-order valence-electron chi connectivity index (χ0n) is 40.0. The van der Waals surface area contributed by atoms with Crippen LogP contribution in [0.3, 0.4) is 0 Å². The third-order valence-corrected chi connectivity index (χ3v) is 12.8. The maximum Gasteiger partial charge on any atom is 0.135 e. The van der Waals surface area contributed by atoms with E-state index in [-0.39, 0.29) is 37.3 Å². The molecule has 342 valence electrons. The normalized spacial score (nSPS) is 12.8. The Balaban J connectivity index is 0.00000578. The van der Waals surface area contributed by atoms with Crippen LogP contribution in [0.1, 0.15) is 84.6 Å². The average molecular weight is 1070 g/mol. The Bertz CT molecular complexity index is 3370. The van der Waals surface area contributed by atoms with Gasteiger partial charge in [-0.15, -0.1) is 48.1 Å². The summed E-state index contributed by atoms with van der Waals surface area (Å²) in [6.45, 7) is 22.5. The van der Waals surface area contributed by atoms with Crippen LogP contribution in [0.4, 0.5) is 22.7 Å². The second-order valence-electron chi connectivity index (χ2n) is 20.7. The molecule has 0 aliphatic carbocycles. The molecular formula is C61H54N5OPt-3. The summed E-state index contributed by atoms with van der Waals surface area (Å²) in [6, 6.07) is 62.5. The maximum absolute atomic E-state index is 9.65. The fraction of sp³-hybridized carbons (Fsp3) is 0.197. The van der Waals surface area contributed by atoms with Gasteiger partial charge in [0, 0.05) is 61.3 Å². The van der Waals surface area contributed by atoms with E-state index in [0.29, 0.717) is 17.1 Å². The molecule has 3 heterocycles. The van der Waals surface area contributed by atoms with E-state index in [1.165, 1.54) is 22.3 Å². The minimum absolute atomic E-state index is 0.